The van der Waals surface area contributed by atoms with Crippen LogP contribution >= 0.6 is 11.3 Å². The van der Waals surface area contributed by atoms with Gasteiger partial charge in [-0.15, -0.1) is 11.3 Å². The number of aromatic nitrogens is 1. The van der Waals surface area contributed by atoms with E-state index in [0.29, 0.717) is 25.4 Å². The van der Waals surface area contributed by atoms with E-state index >= 15 is 0 Å². The first-order valence-electron chi connectivity index (χ1n) is 9.26. The summed E-state index contributed by atoms with van der Waals surface area (Å²) in [6, 6.07) is 7.27. The molecule has 6 nitrogen and oxygen atoms in total. The van der Waals surface area contributed by atoms with E-state index in [9.17, 15) is 9.59 Å². The number of amides is 2. The second-order valence-corrected chi connectivity index (χ2v) is 8.22. The van der Waals surface area contributed by atoms with Crippen LogP contribution in [0.5, 0.6) is 0 Å². The third-order valence-corrected chi connectivity index (χ3v) is 6.46. The van der Waals surface area contributed by atoms with Gasteiger partial charge < -0.3 is 15.0 Å². The van der Waals surface area contributed by atoms with Gasteiger partial charge in [0.15, 0.2) is 0 Å². The summed E-state index contributed by atoms with van der Waals surface area (Å²) in [6.07, 6.45) is 4.01. The minimum atomic E-state index is -0.233. The predicted molar refractivity (Wildman–Crippen MR) is 103 cm³/mol. The number of nitrogens with one attached hydrogen (secondary N) is 1. The Morgan fingerprint density at radius 2 is 2.11 bits per heavy atom. The molecule has 142 valence electrons. The molecule has 2 saturated heterocycles. The molecule has 0 saturated carbocycles. The highest BCUT2D eigenvalue weighted by molar-refractivity contribution is 7.12. The Bertz CT molecular complexity index is 828. The van der Waals surface area contributed by atoms with Gasteiger partial charge in [0.05, 0.1) is 23.1 Å². The lowest BCUT2D eigenvalue weighted by atomic mass is 9.87. The Morgan fingerprint density at radius 1 is 1.30 bits per heavy atom. The maximum absolute atomic E-state index is 12.7. The van der Waals surface area contributed by atoms with Gasteiger partial charge in [-0.3, -0.25) is 14.6 Å². The van der Waals surface area contributed by atoms with Crippen LogP contribution < -0.4 is 5.32 Å². The molecule has 0 aliphatic carbocycles. The van der Waals surface area contributed by atoms with E-state index in [1.165, 1.54) is 11.3 Å². The number of rotatable bonds is 3. The van der Waals surface area contributed by atoms with Gasteiger partial charge in [-0.2, -0.15) is 0 Å². The number of thiophene rings is 1. The molecule has 0 aromatic carbocycles. The summed E-state index contributed by atoms with van der Waals surface area (Å²) in [5.74, 6) is -0.0441. The molecule has 2 aliphatic heterocycles. The van der Waals surface area contributed by atoms with E-state index in [4.69, 9.17) is 4.74 Å². The van der Waals surface area contributed by atoms with Crippen molar-refractivity contribution >= 4 is 23.2 Å². The monoisotopic (exact) mass is 385 g/mol. The molecule has 4 rings (SSSR count). The summed E-state index contributed by atoms with van der Waals surface area (Å²) >= 11 is 1.50. The molecular formula is C20H23N3O3S. The number of nitrogens with zero attached hydrogens (tertiary/aromatic N) is 2. The minimum absolute atomic E-state index is 0.0127. The van der Waals surface area contributed by atoms with E-state index in [1.807, 2.05) is 23.3 Å². The van der Waals surface area contributed by atoms with Gasteiger partial charge in [-0.1, -0.05) is 6.07 Å². The van der Waals surface area contributed by atoms with Gasteiger partial charge in [-0.25, -0.2) is 0 Å². The Hall–Kier alpha value is -2.25. The van der Waals surface area contributed by atoms with Gasteiger partial charge in [0.1, 0.15) is 5.69 Å². The molecule has 1 spiro atoms. The van der Waals surface area contributed by atoms with Crippen LogP contribution in [0, 0.1) is 6.92 Å². The van der Waals surface area contributed by atoms with Crippen LogP contribution in [0.25, 0.3) is 0 Å². The average Bonchev–Trinajstić information content (AvgIpc) is 3.29. The molecule has 1 atom stereocenters. The largest absolute Gasteiger partial charge is 0.373 e. The number of pyridine rings is 1. The molecule has 2 fully saturated rings. The van der Waals surface area contributed by atoms with Crippen molar-refractivity contribution in [2.24, 2.45) is 0 Å². The molecule has 1 N–H and O–H groups in total. The standard InChI is InChI=1S/C20H23N3O3S/c1-14-5-11-27-17(14)19(25)23-9-6-20(7-10-23)12-15(13-26-20)22-18(24)16-4-2-3-8-21-16/h2-5,8,11,15H,6-7,9-10,12-13H2,1H3,(H,22,24)/t15-/m0/s1. The van der Waals surface area contributed by atoms with Crippen molar-refractivity contribution in [2.75, 3.05) is 19.7 Å². The SMILES string of the molecule is Cc1ccsc1C(=O)N1CCC2(CC1)C[C@H](NC(=O)c1ccccn1)CO2. The summed E-state index contributed by atoms with van der Waals surface area (Å²) in [6.45, 7) is 3.87. The Labute approximate surface area is 162 Å². The highest BCUT2D eigenvalue weighted by atomic mass is 32.1. The molecular weight excluding hydrogens is 362 g/mol. The van der Waals surface area contributed by atoms with E-state index in [1.54, 1.807) is 24.4 Å². The summed E-state index contributed by atoms with van der Waals surface area (Å²) in [5.41, 5.74) is 1.23. The third-order valence-electron chi connectivity index (χ3n) is 5.46. The zero-order valence-corrected chi connectivity index (χ0v) is 16.1. The molecule has 0 unspecified atom stereocenters. The van der Waals surface area contributed by atoms with Crippen LogP contribution in [0.2, 0.25) is 0 Å². The van der Waals surface area contributed by atoms with E-state index in [-0.39, 0.29) is 23.5 Å². The second-order valence-electron chi connectivity index (χ2n) is 7.31. The summed E-state index contributed by atoms with van der Waals surface area (Å²) in [7, 11) is 0. The smallest absolute Gasteiger partial charge is 0.270 e. The Kier molecular flexibility index (Phi) is 4.97. The number of hydrogen-bond donors (Lipinski definition) is 1. The number of carbonyl (C=O) groups excluding carboxylic acids is 2. The van der Waals surface area contributed by atoms with Crippen LogP contribution in [0.1, 0.15) is 45.0 Å². The number of piperidine rings is 1. The second kappa shape index (κ2) is 7.40. The van der Waals surface area contributed by atoms with Gasteiger partial charge in [0.25, 0.3) is 11.8 Å². The van der Waals surface area contributed by atoms with Crippen LogP contribution in [-0.2, 0) is 4.74 Å². The first-order chi connectivity index (χ1) is 13.1. The van der Waals surface area contributed by atoms with Crippen molar-refractivity contribution in [1.29, 1.82) is 0 Å². The maximum atomic E-state index is 12.7. The molecule has 4 heterocycles. The van der Waals surface area contributed by atoms with Crippen molar-refractivity contribution in [1.82, 2.24) is 15.2 Å². The van der Waals surface area contributed by atoms with E-state index in [2.05, 4.69) is 10.3 Å². The van der Waals surface area contributed by atoms with Crippen molar-refractivity contribution in [3.8, 4) is 0 Å². The number of aryl methyl sites for hydroxylation is 1. The van der Waals surface area contributed by atoms with Gasteiger partial charge in [-0.05, 0) is 55.3 Å². The Morgan fingerprint density at radius 3 is 2.78 bits per heavy atom. The summed E-state index contributed by atoms with van der Waals surface area (Å²) in [5, 5.41) is 4.99. The number of carbonyl (C=O) groups is 2. The topological polar surface area (TPSA) is 71.5 Å². The quantitative estimate of drug-likeness (QED) is 0.882. The number of likely N-dealkylation sites (tertiary alicyclic amines) is 1. The van der Waals surface area contributed by atoms with Crippen molar-refractivity contribution in [3.63, 3.8) is 0 Å². The third kappa shape index (κ3) is 3.75. The lowest BCUT2D eigenvalue weighted by Crippen LogP contribution is -2.47. The van der Waals surface area contributed by atoms with Crippen LogP contribution in [0.3, 0.4) is 0 Å². The molecule has 2 aromatic rings. The highest BCUT2D eigenvalue weighted by Crippen LogP contribution is 2.36. The summed E-state index contributed by atoms with van der Waals surface area (Å²) in [4.78, 5) is 31.8. The van der Waals surface area contributed by atoms with Crippen molar-refractivity contribution in [2.45, 2.75) is 37.8 Å². The maximum Gasteiger partial charge on any atom is 0.270 e. The predicted octanol–water partition coefficient (Wildman–Crippen LogP) is 2.65. The number of hydrogen-bond acceptors (Lipinski definition) is 5. The fraction of sp³-hybridized carbons (Fsp3) is 0.450. The van der Waals surface area contributed by atoms with Crippen LogP contribution in [0.4, 0.5) is 0 Å². The minimum Gasteiger partial charge on any atom is -0.373 e. The van der Waals surface area contributed by atoms with Crippen LogP contribution in [0.15, 0.2) is 35.8 Å². The zero-order valence-electron chi connectivity index (χ0n) is 15.3. The Balaban J connectivity index is 1.32. The molecule has 0 radical (unpaired) electrons. The van der Waals surface area contributed by atoms with Crippen molar-refractivity contribution in [3.05, 3.63) is 52.0 Å². The first kappa shape index (κ1) is 18.1. The first-order valence-corrected chi connectivity index (χ1v) is 10.1. The molecule has 2 amide bonds. The fourth-order valence-electron chi connectivity index (χ4n) is 3.89. The van der Waals surface area contributed by atoms with E-state index < -0.39 is 0 Å². The lowest BCUT2D eigenvalue weighted by molar-refractivity contribution is -0.0388. The van der Waals surface area contributed by atoms with E-state index in [0.717, 1.165) is 29.7 Å². The molecule has 27 heavy (non-hydrogen) atoms. The van der Waals surface area contributed by atoms with Crippen LogP contribution in [-0.4, -0.2) is 53.0 Å². The fourth-order valence-corrected chi connectivity index (χ4v) is 4.79. The average molecular weight is 385 g/mol. The molecule has 2 aliphatic rings. The summed E-state index contributed by atoms with van der Waals surface area (Å²) < 4.78 is 6.10. The van der Waals surface area contributed by atoms with Gasteiger partial charge in [0.2, 0.25) is 0 Å². The number of ether oxygens (including phenoxy) is 1. The van der Waals surface area contributed by atoms with Crippen molar-refractivity contribution < 1.29 is 14.3 Å². The van der Waals surface area contributed by atoms with Gasteiger partial charge in [0, 0.05) is 19.3 Å². The zero-order chi connectivity index (χ0) is 18.9. The molecule has 7 heteroatoms. The normalized spacial score (nSPS) is 21.4. The lowest BCUT2D eigenvalue weighted by Gasteiger charge is -2.38. The van der Waals surface area contributed by atoms with Gasteiger partial charge >= 0.3 is 0 Å². The molecule has 2 aromatic heterocycles. The molecule has 0 bridgehead atoms. The highest BCUT2D eigenvalue weighted by Gasteiger charge is 2.44.